The normalized spacial score (nSPS) is 11.1. The first kappa shape index (κ1) is 13.1. The minimum absolute atomic E-state index is 0.465. The third-order valence-corrected chi connectivity index (χ3v) is 3.24. The van der Waals surface area contributed by atoms with E-state index in [1.54, 1.807) is 30.4 Å². The van der Waals surface area contributed by atoms with Crippen molar-refractivity contribution >= 4 is 11.8 Å². The van der Waals surface area contributed by atoms with Gasteiger partial charge in [-0.1, -0.05) is 25.6 Å². The maximum Gasteiger partial charge on any atom is 0.118 e. The lowest BCUT2D eigenvalue weighted by Gasteiger charge is -2.04. The van der Waals surface area contributed by atoms with Crippen molar-refractivity contribution in [3.63, 3.8) is 0 Å². The van der Waals surface area contributed by atoms with E-state index in [9.17, 15) is 0 Å². The topological polar surface area (TPSA) is 51.0 Å². The Morgan fingerprint density at radius 2 is 2.11 bits per heavy atom. The number of aromatic nitrogens is 2. The Morgan fingerprint density at radius 1 is 1.28 bits per heavy atom. The average molecular weight is 263 g/mol. The van der Waals surface area contributed by atoms with Crippen LogP contribution in [0.1, 0.15) is 25.4 Å². The van der Waals surface area contributed by atoms with Crippen LogP contribution in [0, 0.1) is 0 Å². The molecule has 1 N–H and O–H groups in total. The van der Waals surface area contributed by atoms with Crippen molar-refractivity contribution in [3.8, 4) is 0 Å². The fourth-order valence-electron chi connectivity index (χ4n) is 1.40. The highest BCUT2D eigenvalue weighted by molar-refractivity contribution is 7.98. The van der Waals surface area contributed by atoms with Crippen molar-refractivity contribution in [2.45, 2.75) is 37.2 Å². The zero-order chi connectivity index (χ0) is 12.8. The smallest absolute Gasteiger partial charge is 0.118 e. The molecule has 18 heavy (non-hydrogen) atoms. The van der Waals surface area contributed by atoms with Crippen molar-refractivity contribution in [3.05, 3.63) is 42.2 Å². The van der Waals surface area contributed by atoms with Crippen LogP contribution in [0.15, 0.2) is 40.2 Å². The lowest BCUT2D eigenvalue weighted by Crippen LogP contribution is -2.21. The van der Waals surface area contributed by atoms with Crippen molar-refractivity contribution in [2.75, 3.05) is 0 Å². The van der Waals surface area contributed by atoms with Gasteiger partial charge in [-0.05, 0) is 12.1 Å². The van der Waals surface area contributed by atoms with Gasteiger partial charge in [0.25, 0.3) is 0 Å². The summed E-state index contributed by atoms with van der Waals surface area (Å²) in [6.07, 6.45) is 5.13. The predicted octanol–water partition coefficient (Wildman–Crippen LogP) is 2.86. The van der Waals surface area contributed by atoms with E-state index < -0.39 is 0 Å². The number of hydrogen-bond donors (Lipinski definition) is 1. The van der Waals surface area contributed by atoms with Crippen LogP contribution in [0.25, 0.3) is 0 Å². The SMILES string of the molecule is CC(C)NCc1ccc(CSc2cnccn2)o1. The molecule has 2 heterocycles. The zero-order valence-electron chi connectivity index (χ0n) is 10.6. The summed E-state index contributed by atoms with van der Waals surface area (Å²) in [6, 6.07) is 4.50. The van der Waals surface area contributed by atoms with Crippen molar-refractivity contribution in [1.29, 1.82) is 0 Å². The third kappa shape index (κ3) is 4.16. The number of nitrogens with one attached hydrogen (secondary N) is 1. The molecule has 0 amide bonds. The van der Waals surface area contributed by atoms with Gasteiger partial charge < -0.3 is 9.73 Å². The average Bonchev–Trinajstić information content (AvgIpc) is 2.83. The van der Waals surface area contributed by atoms with Crippen LogP contribution in [0.5, 0.6) is 0 Å². The monoisotopic (exact) mass is 263 g/mol. The van der Waals surface area contributed by atoms with Gasteiger partial charge in [0.2, 0.25) is 0 Å². The maximum absolute atomic E-state index is 5.72. The van der Waals surface area contributed by atoms with E-state index in [0.29, 0.717) is 6.04 Å². The van der Waals surface area contributed by atoms with Crippen LogP contribution in [0.3, 0.4) is 0 Å². The molecule has 0 aliphatic carbocycles. The maximum atomic E-state index is 5.72. The molecule has 0 aliphatic heterocycles. The molecule has 0 aromatic carbocycles. The first-order chi connectivity index (χ1) is 8.74. The van der Waals surface area contributed by atoms with Gasteiger partial charge in [-0.2, -0.15) is 0 Å². The first-order valence-electron chi connectivity index (χ1n) is 5.94. The highest BCUT2D eigenvalue weighted by Gasteiger charge is 2.04. The molecular weight excluding hydrogens is 246 g/mol. The number of hydrogen-bond acceptors (Lipinski definition) is 5. The van der Waals surface area contributed by atoms with Crippen LogP contribution >= 0.6 is 11.8 Å². The molecule has 0 spiro atoms. The fourth-order valence-corrected chi connectivity index (χ4v) is 2.12. The fraction of sp³-hybridized carbons (Fsp3) is 0.385. The molecule has 0 saturated heterocycles. The van der Waals surface area contributed by atoms with Gasteiger partial charge in [-0.15, -0.1) is 0 Å². The molecule has 2 rings (SSSR count). The molecule has 96 valence electrons. The van der Waals surface area contributed by atoms with Gasteiger partial charge >= 0.3 is 0 Å². The molecule has 0 bridgehead atoms. The molecule has 2 aromatic heterocycles. The van der Waals surface area contributed by atoms with Crippen LogP contribution in [-0.2, 0) is 12.3 Å². The van der Waals surface area contributed by atoms with E-state index in [1.165, 1.54) is 0 Å². The highest BCUT2D eigenvalue weighted by Crippen LogP contribution is 2.21. The van der Waals surface area contributed by atoms with Gasteiger partial charge in [-0.25, -0.2) is 4.98 Å². The Morgan fingerprint density at radius 3 is 2.83 bits per heavy atom. The molecule has 4 nitrogen and oxygen atoms in total. The molecule has 0 unspecified atom stereocenters. The molecule has 0 saturated carbocycles. The van der Waals surface area contributed by atoms with Crippen LogP contribution in [-0.4, -0.2) is 16.0 Å². The van der Waals surface area contributed by atoms with Crippen LogP contribution in [0.4, 0.5) is 0 Å². The largest absolute Gasteiger partial charge is 0.464 e. The summed E-state index contributed by atoms with van der Waals surface area (Å²) in [6.45, 7) is 5.01. The lowest BCUT2D eigenvalue weighted by molar-refractivity contribution is 0.445. The van der Waals surface area contributed by atoms with Gasteiger partial charge in [0.1, 0.15) is 16.5 Å². The Labute approximate surface area is 111 Å². The van der Waals surface area contributed by atoms with Gasteiger partial charge in [0, 0.05) is 18.4 Å². The van der Waals surface area contributed by atoms with E-state index in [-0.39, 0.29) is 0 Å². The Bertz CT molecular complexity index is 470. The summed E-state index contributed by atoms with van der Waals surface area (Å²) in [4.78, 5) is 8.23. The summed E-state index contributed by atoms with van der Waals surface area (Å²) >= 11 is 1.62. The van der Waals surface area contributed by atoms with Crippen LogP contribution < -0.4 is 5.32 Å². The summed E-state index contributed by atoms with van der Waals surface area (Å²) in [7, 11) is 0. The molecule has 0 radical (unpaired) electrons. The summed E-state index contributed by atoms with van der Waals surface area (Å²) < 4.78 is 5.72. The second-order valence-corrected chi connectivity index (χ2v) is 5.23. The number of nitrogens with zero attached hydrogens (tertiary/aromatic N) is 2. The Balaban J connectivity index is 1.83. The van der Waals surface area contributed by atoms with E-state index in [0.717, 1.165) is 28.8 Å². The van der Waals surface area contributed by atoms with Crippen LogP contribution in [0.2, 0.25) is 0 Å². The van der Waals surface area contributed by atoms with E-state index in [1.807, 2.05) is 12.1 Å². The Hall–Kier alpha value is -1.33. The quantitative estimate of drug-likeness (QED) is 0.812. The molecule has 2 aromatic rings. The zero-order valence-corrected chi connectivity index (χ0v) is 11.4. The number of rotatable bonds is 6. The van der Waals surface area contributed by atoms with Gasteiger partial charge in [0.15, 0.2) is 0 Å². The summed E-state index contributed by atoms with van der Waals surface area (Å²) in [5.41, 5.74) is 0. The standard InChI is InChI=1S/C13H17N3OS/c1-10(2)16-7-11-3-4-12(17-11)9-18-13-8-14-5-6-15-13/h3-6,8,10,16H,7,9H2,1-2H3. The molecule has 0 aliphatic rings. The molecular formula is C13H17N3OS. The van der Waals surface area contributed by atoms with Crippen molar-refractivity contribution < 1.29 is 4.42 Å². The van der Waals surface area contributed by atoms with E-state index in [2.05, 4.69) is 29.1 Å². The molecule has 5 heteroatoms. The number of thioether (sulfide) groups is 1. The van der Waals surface area contributed by atoms with E-state index in [4.69, 9.17) is 4.42 Å². The minimum Gasteiger partial charge on any atom is -0.464 e. The summed E-state index contributed by atoms with van der Waals surface area (Å²) in [5, 5.41) is 4.24. The number of furan rings is 1. The minimum atomic E-state index is 0.465. The first-order valence-corrected chi connectivity index (χ1v) is 6.92. The van der Waals surface area contributed by atoms with Gasteiger partial charge in [-0.3, -0.25) is 4.98 Å². The van der Waals surface area contributed by atoms with Crippen molar-refractivity contribution in [1.82, 2.24) is 15.3 Å². The second kappa shape index (κ2) is 6.56. The van der Waals surface area contributed by atoms with E-state index >= 15 is 0 Å². The van der Waals surface area contributed by atoms with Crippen molar-refractivity contribution in [2.24, 2.45) is 0 Å². The van der Waals surface area contributed by atoms with Gasteiger partial charge in [0.05, 0.1) is 18.5 Å². The lowest BCUT2D eigenvalue weighted by atomic mass is 10.3. The third-order valence-electron chi connectivity index (χ3n) is 2.30. The second-order valence-electron chi connectivity index (χ2n) is 4.24. The molecule has 0 fully saturated rings. The molecule has 0 atom stereocenters. The predicted molar refractivity (Wildman–Crippen MR) is 72.3 cm³/mol. The summed E-state index contributed by atoms with van der Waals surface area (Å²) in [5.74, 6) is 2.71. The highest BCUT2D eigenvalue weighted by atomic mass is 32.2. The Kier molecular flexibility index (Phi) is 4.78.